The summed E-state index contributed by atoms with van der Waals surface area (Å²) in [5.74, 6) is -0.223. The number of aromatic nitrogens is 1. The number of ether oxygens (including phenoxy) is 1. The van der Waals surface area contributed by atoms with E-state index < -0.39 is 0 Å². The minimum Gasteiger partial charge on any atom is -0.469 e. The summed E-state index contributed by atoms with van der Waals surface area (Å²) in [6.45, 7) is 0.623. The van der Waals surface area contributed by atoms with Crippen molar-refractivity contribution in [1.82, 2.24) is 4.57 Å². The Hall–Kier alpha value is -1.29. The highest BCUT2D eigenvalue weighted by molar-refractivity contribution is 5.68. The lowest BCUT2D eigenvalue weighted by atomic mass is 10.4. The van der Waals surface area contributed by atoms with E-state index in [1.165, 1.54) is 7.11 Å². The van der Waals surface area contributed by atoms with E-state index in [1.54, 1.807) is 0 Å². The first-order chi connectivity index (χ1) is 6.26. The van der Waals surface area contributed by atoms with Crippen molar-refractivity contribution in [2.75, 3.05) is 7.11 Å². The second kappa shape index (κ2) is 4.67. The number of hydrogen-bond acceptors (Lipinski definition) is 3. The summed E-state index contributed by atoms with van der Waals surface area (Å²) in [6.07, 6.45) is 3.99. The third-order valence-corrected chi connectivity index (χ3v) is 1.80. The quantitative estimate of drug-likeness (QED) is 0.693. The van der Waals surface area contributed by atoms with Crippen molar-refractivity contribution in [2.45, 2.75) is 19.6 Å². The predicted molar refractivity (Wildman–Crippen MR) is 47.0 cm³/mol. The molecule has 0 bridgehead atoms. The first-order valence-electron chi connectivity index (χ1n) is 4.08. The molecule has 0 atom stereocenters. The summed E-state index contributed by atoms with van der Waals surface area (Å²) >= 11 is 0. The van der Waals surface area contributed by atoms with E-state index in [-0.39, 0.29) is 12.6 Å². The van der Waals surface area contributed by atoms with Gasteiger partial charge < -0.3 is 14.4 Å². The first kappa shape index (κ1) is 9.80. The molecule has 13 heavy (non-hydrogen) atoms. The van der Waals surface area contributed by atoms with Gasteiger partial charge in [-0.2, -0.15) is 0 Å². The number of rotatable bonds is 4. The SMILES string of the molecule is COC(=O)CCn1ccc(CO)c1. The number of aliphatic hydroxyl groups is 1. The minimum absolute atomic E-state index is 0.0330. The van der Waals surface area contributed by atoms with Crippen molar-refractivity contribution in [3.63, 3.8) is 0 Å². The molecule has 1 aromatic heterocycles. The molecular formula is C9H13NO3. The molecule has 0 aliphatic carbocycles. The zero-order valence-corrected chi connectivity index (χ0v) is 7.56. The Morgan fingerprint density at radius 2 is 2.46 bits per heavy atom. The Morgan fingerprint density at radius 3 is 3.00 bits per heavy atom. The molecule has 1 N–H and O–H groups in total. The Bertz CT molecular complexity index is 280. The van der Waals surface area contributed by atoms with Crippen LogP contribution in [0.5, 0.6) is 0 Å². The molecule has 0 fully saturated rings. The normalized spacial score (nSPS) is 10.0. The van der Waals surface area contributed by atoms with E-state index in [4.69, 9.17) is 5.11 Å². The minimum atomic E-state index is -0.223. The second-order valence-corrected chi connectivity index (χ2v) is 2.74. The van der Waals surface area contributed by atoms with Gasteiger partial charge in [-0.3, -0.25) is 4.79 Å². The average molecular weight is 183 g/mol. The number of nitrogens with zero attached hydrogens (tertiary/aromatic N) is 1. The second-order valence-electron chi connectivity index (χ2n) is 2.74. The topological polar surface area (TPSA) is 51.5 Å². The molecule has 4 nitrogen and oxygen atoms in total. The first-order valence-corrected chi connectivity index (χ1v) is 4.08. The standard InChI is InChI=1S/C9H13NO3/c1-13-9(12)3-5-10-4-2-8(6-10)7-11/h2,4,6,11H,3,5,7H2,1H3. The number of aliphatic hydroxyl groups excluding tert-OH is 1. The highest BCUT2D eigenvalue weighted by Crippen LogP contribution is 2.02. The summed E-state index contributed by atoms with van der Waals surface area (Å²) in [6, 6.07) is 1.82. The lowest BCUT2D eigenvalue weighted by Crippen LogP contribution is -2.05. The summed E-state index contributed by atoms with van der Waals surface area (Å²) in [5, 5.41) is 8.77. The van der Waals surface area contributed by atoms with E-state index in [1.807, 2.05) is 23.0 Å². The molecule has 0 aliphatic rings. The molecule has 0 amide bonds. The molecule has 1 aromatic rings. The highest BCUT2D eigenvalue weighted by Gasteiger charge is 2.00. The number of carbonyl (C=O) groups excluding carboxylic acids is 1. The Labute approximate surface area is 76.7 Å². The number of hydrogen-bond donors (Lipinski definition) is 1. The van der Waals surface area contributed by atoms with E-state index in [0.29, 0.717) is 13.0 Å². The van der Waals surface area contributed by atoms with Crippen molar-refractivity contribution in [1.29, 1.82) is 0 Å². The van der Waals surface area contributed by atoms with Crippen molar-refractivity contribution in [3.8, 4) is 0 Å². The van der Waals surface area contributed by atoms with E-state index in [2.05, 4.69) is 4.74 Å². The molecule has 1 heterocycles. The van der Waals surface area contributed by atoms with E-state index in [9.17, 15) is 4.79 Å². The van der Waals surface area contributed by atoms with Gasteiger partial charge in [0.15, 0.2) is 0 Å². The van der Waals surface area contributed by atoms with Crippen molar-refractivity contribution in [2.24, 2.45) is 0 Å². The highest BCUT2D eigenvalue weighted by atomic mass is 16.5. The van der Waals surface area contributed by atoms with E-state index >= 15 is 0 Å². The smallest absolute Gasteiger partial charge is 0.307 e. The maximum atomic E-state index is 10.8. The molecular weight excluding hydrogens is 170 g/mol. The number of carbonyl (C=O) groups is 1. The third-order valence-electron chi connectivity index (χ3n) is 1.80. The zero-order chi connectivity index (χ0) is 9.68. The summed E-state index contributed by atoms with van der Waals surface area (Å²) in [4.78, 5) is 10.8. The van der Waals surface area contributed by atoms with Gasteiger partial charge >= 0.3 is 5.97 Å². The fourth-order valence-corrected chi connectivity index (χ4v) is 1.05. The maximum Gasteiger partial charge on any atom is 0.307 e. The average Bonchev–Trinajstić information content (AvgIpc) is 2.61. The van der Waals surface area contributed by atoms with Gasteiger partial charge in [-0.1, -0.05) is 0 Å². The van der Waals surface area contributed by atoms with Crippen LogP contribution >= 0.6 is 0 Å². The molecule has 0 saturated carbocycles. The van der Waals surface area contributed by atoms with Crippen LogP contribution in [0.1, 0.15) is 12.0 Å². The van der Waals surface area contributed by atoms with Crippen LogP contribution < -0.4 is 0 Å². The molecule has 1 rings (SSSR count). The van der Waals surface area contributed by atoms with Gasteiger partial charge in [0.2, 0.25) is 0 Å². The summed E-state index contributed by atoms with van der Waals surface area (Å²) in [5.41, 5.74) is 0.852. The van der Waals surface area contributed by atoms with Gasteiger partial charge in [0, 0.05) is 18.9 Å². The maximum absolute atomic E-state index is 10.8. The van der Waals surface area contributed by atoms with Crippen LogP contribution in [-0.2, 0) is 22.7 Å². The van der Waals surface area contributed by atoms with Crippen LogP contribution in [0.15, 0.2) is 18.5 Å². The number of methoxy groups -OCH3 is 1. The van der Waals surface area contributed by atoms with E-state index in [0.717, 1.165) is 5.56 Å². The third kappa shape index (κ3) is 2.91. The monoisotopic (exact) mass is 183 g/mol. The summed E-state index contributed by atoms with van der Waals surface area (Å²) in [7, 11) is 1.37. The molecule has 4 heteroatoms. The van der Waals surface area contributed by atoms with Crippen LogP contribution in [0, 0.1) is 0 Å². The fraction of sp³-hybridized carbons (Fsp3) is 0.444. The lowest BCUT2D eigenvalue weighted by Gasteiger charge is -2.00. The fourth-order valence-electron chi connectivity index (χ4n) is 1.05. The van der Waals surface area contributed by atoms with Crippen LogP contribution in [-0.4, -0.2) is 22.8 Å². The van der Waals surface area contributed by atoms with Gasteiger partial charge in [-0.15, -0.1) is 0 Å². The predicted octanol–water partition coefficient (Wildman–Crippen LogP) is 0.543. The van der Waals surface area contributed by atoms with Crippen molar-refractivity contribution in [3.05, 3.63) is 24.0 Å². The van der Waals surface area contributed by atoms with Gasteiger partial charge in [-0.25, -0.2) is 0 Å². The number of esters is 1. The molecule has 72 valence electrons. The van der Waals surface area contributed by atoms with Gasteiger partial charge in [-0.05, 0) is 11.6 Å². The molecule has 0 aliphatic heterocycles. The molecule has 0 unspecified atom stereocenters. The molecule has 0 spiro atoms. The van der Waals surface area contributed by atoms with Crippen molar-refractivity contribution >= 4 is 5.97 Å². The van der Waals surface area contributed by atoms with Gasteiger partial charge in [0.05, 0.1) is 20.1 Å². The summed E-state index contributed by atoms with van der Waals surface area (Å²) < 4.78 is 6.35. The Balaban J connectivity index is 2.41. The van der Waals surface area contributed by atoms with Crippen LogP contribution in [0.3, 0.4) is 0 Å². The van der Waals surface area contributed by atoms with Crippen LogP contribution in [0.4, 0.5) is 0 Å². The van der Waals surface area contributed by atoms with Crippen molar-refractivity contribution < 1.29 is 14.6 Å². The van der Waals surface area contributed by atoms with Crippen LogP contribution in [0.2, 0.25) is 0 Å². The Morgan fingerprint density at radius 1 is 1.69 bits per heavy atom. The lowest BCUT2D eigenvalue weighted by molar-refractivity contribution is -0.140. The largest absolute Gasteiger partial charge is 0.469 e. The Kier molecular flexibility index (Phi) is 3.52. The zero-order valence-electron chi connectivity index (χ0n) is 7.56. The van der Waals surface area contributed by atoms with Gasteiger partial charge in [0.25, 0.3) is 0 Å². The van der Waals surface area contributed by atoms with Gasteiger partial charge in [0.1, 0.15) is 0 Å². The molecule has 0 radical (unpaired) electrons. The van der Waals surface area contributed by atoms with Crippen LogP contribution in [0.25, 0.3) is 0 Å². The number of aryl methyl sites for hydroxylation is 1. The molecule has 0 saturated heterocycles. The molecule has 0 aromatic carbocycles.